The summed E-state index contributed by atoms with van der Waals surface area (Å²) >= 11 is 0. The molecule has 1 amide bonds. The number of pyridine rings is 1. The van der Waals surface area contributed by atoms with Gasteiger partial charge in [-0.05, 0) is 12.1 Å². The zero-order valence-electron chi connectivity index (χ0n) is 9.29. The van der Waals surface area contributed by atoms with Gasteiger partial charge < -0.3 is 9.84 Å². The Morgan fingerprint density at radius 3 is 2.59 bits per heavy atom. The standard InChI is InChI=1S/C11H12N2O4/c1-13(8-4-2-3-5-12-8)9(14)11(10(15)16)6-17-7-11/h2-5H,6-7H2,1H3,(H,15,16). The average molecular weight is 236 g/mol. The van der Waals surface area contributed by atoms with Gasteiger partial charge in [0.25, 0.3) is 0 Å². The molecule has 1 aromatic heterocycles. The third-order valence-electron chi connectivity index (χ3n) is 2.81. The molecule has 0 aromatic carbocycles. The maximum atomic E-state index is 12.1. The Bertz CT molecular complexity index is 442. The summed E-state index contributed by atoms with van der Waals surface area (Å²) in [4.78, 5) is 28.5. The Hall–Kier alpha value is -1.95. The summed E-state index contributed by atoms with van der Waals surface area (Å²) in [5.74, 6) is -1.24. The van der Waals surface area contributed by atoms with Crippen LogP contribution < -0.4 is 4.90 Å². The smallest absolute Gasteiger partial charge is 0.324 e. The van der Waals surface area contributed by atoms with E-state index < -0.39 is 17.3 Å². The van der Waals surface area contributed by atoms with Crippen molar-refractivity contribution in [3.63, 3.8) is 0 Å². The number of carbonyl (C=O) groups excluding carboxylic acids is 1. The Balaban J connectivity index is 2.23. The van der Waals surface area contributed by atoms with E-state index in [1.165, 1.54) is 11.9 Å². The molecule has 1 saturated heterocycles. The summed E-state index contributed by atoms with van der Waals surface area (Å²) in [5, 5.41) is 9.10. The predicted octanol–water partition coefficient (Wildman–Crippen LogP) is 0.146. The number of nitrogens with zero attached hydrogens (tertiary/aromatic N) is 2. The van der Waals surface area contributed by atoms with E-state index in [-0.39, 0.29) is 13.2 Å². The Kier molecular flexibility index (Phi) is 2.81. The molecule has 2 heterocycles. The molecule has 1 N–H and O–H groups in total. The van der Waals surface area contributed by atoms with Gasteiger partial charge in [-0.1, -0.05) is 6.07 Å². The zero-order chi connectivity index (χ0) is 12.5. The van der Waals surface area contributed by atoms with Crippen LogP contribution in [0.15, 0.2) is 24.4 Å². The molecule has 1 aromatic rings. The highest BCUT2D eigenvalue weighted by Gasteiger charge is 2.54. The fourth-order valence-corrected chi connectivity index (χ4v) is 1.62. The van der Waals surface area contributed by atoms with Crippen molar-refractivity contribution in [1.82, 2.24) is 4.98 Å². The molecule has 90 valence electrons. The largest absolute Gasteiger partial charge is 0.480 e. The van der Waals surface area contributed by atoms with E-state index in [1.54, 1.807) is 24.4 Å². The second-order valence-corrected chi connectivity index (χ2v) is 3.93. The number of carboxylic acids is 1. The van der Waals surface area contributed by atoms with Crippen LogP contribution in [-0.4, -0.2) is 42.2 Å². The van der Waals surface area contributed by atoms with Gasteiger partial charge in [0, 0.05) is 13.2 Å². The van der Waals surface area contributed by atoms with Crippen LogP contribution in [0.5, 0.6) is 0 Å². The Morgan fingerprint density at radius 2 is 2.18 bits per heavy atom. The van der Waals surface area contributed by atoms with Crippen molar-refractivity contribution in [2.24, 2.45) is 5.41 Å². The van der Waals surface area contributed by atoms with Crippen molar-refractivity contribution in [2.75, 3.05) is 25.2 Å². The summed E-state index contributed by atoms with van der Waals surface area (Å²) in [5.41, 5.74) is -1.45. The molecule has 17 heavy (non-hydrogen) atoms. The first-order valence-corrected chi connectivity index (χ1v) is 5.08. The molecule has 0 bridgehead atoms. The number of hydrogen-bond donors (Lipinski definition) is 1. The molecule has 0 aliphatic carbocycles. The minimum atomic E-state index is -1.45. The van der Waals surface area contributed by atoms with Crippen molar-refractivity contribution < 1.29 is 19.4 Å². The molecular formula is C11H12N2O4. The fourth-order valence-electron chi connectivity index (χ4n) is 1.62. The molecule has 6 nitrogen and oxygen atoms in total. The highest BCUT2D eigenvalue weighted by molar-refractivity contribution is 6.10. The number of aliphatic carboxylic acids is 1. The first-order valence-electron chi connectivity index (χ1n) is 5.08. The van der Waals surface area contributed by atoms with Crippen molar-refractivity contribution in [3.05, 3.63) is 24.4 Å². The summed E-state index contributed by atoms with van der Waals surface area (Å²) in [6.07, 6.45) is 1.55. The molecular weight excluding hydrogens is 224 g/mol. The van der Waals surface area contributed by atoms with Gasteiger partial charge in [-0.25, -0.2) is 4.98 Å². The molecule has 1 fully saturated rings. The van der Waals surface area contributed by atoms with Gasteiger partial charge in [0.15, 0.2) is 5.41 Å². The molecule has 6 heteroatoms. The Morgan fingerprint density at radius 1 is 1.47 bits per heavy atom. The van der Waals surface area contributed by atoms with E-state index in [0.29, 0.717) is 5.82 Å². The quantitative estimate of drug-likeness (QED) is 0.755. The first-order chi connectivity index (χ1) is 8.08. The molecule has 0 unspecified atom stereocenters. The molecule has 0 saturated carbocycles. The number of anilines is 1. The van der Waals surface area contributed by atoms with Crippen LogP contribution in [0, 0.1) is 5.41 Å². The summed E-state index contributed by atoms with van der Waals surface area (Å²) in [6, 6.07) is 5.10. The first kappa shape index (κ1) is 11.5. The maximum Gasteiger partial charge on any atom is 0.324 e. The van der Waals surface area contributed by atoms with Crippen LogP contribution >= 0.6 is 0 Å². The van der Waals surface area contributed by atoms with Crippen LogP contribution in [0.3, 0.4) is 0 Å². The van der Waals surface area contributed by atoms with Crippen LogP contribution in [0.1, 0.15) is 0 Å². The second-order valence-electron chi connectivity index (χ2n) is 3.93. The molecule has 0 atom stereocenters. The van der Waals surface area contributed by atoms with E-state index in [4.69, 9.17) is 9.84 Å². The third-order valence-corrected chi connectivity index (χ3v) is 2.81. The lowest BCUT2D eigenvalue weighted by Gasteiger charge is -2.38. The molecule has 0 radical (unpaired) electrons. The highest BCUT2D eigenvalue weighted by Crippen LogP contribution is 2.31. The molecule has 0 spiro atoms. The fraction of sp³-hybridized carbons (Fsp3) is 0.364. The minimum absolute atomic E-state index is 0.0850. The van der Waals surface area contributed by atoms with Crippen LogP contribution in [0.25, 0.3) is 0 Å². The van der Waals surface area contributed by atoms with E-state index in [9.17, 15) is 9.59 Å². The number of aromatic nitrogens is 1. The van der Waals surface area contributed by atoms with E-state index in [2.05, 4.69) is 4.98 Å². The number of rotatable bonds is 3. The van der Waals surface area contributed by atoms with Crippen molar-refractivity contribution in [1.29, 1.82) is 0 Å². The molecule has 1 aliphatic heterocycles. The van der Waals surface area contributed by atoms with Gasteiger partial charge in [-0.3, -0.25) is 14.5 Å². The van der Waals surface area contributed by atoms with E-state index in [0.717, 1.165) is 0 Å². The third kappa shape index (κ3) is 1.76. The average Bonchev–Trinajstić information content (AvgIpc) is 2.27. The van der Waals surface area contributed by atoms with Crippen LogP contribution in [0.4, 0.5) is 5.82 Å². The molecule has 1 aliphatic rings. The number of hydrogen-bond acceptors (Lipinski definition) is 4. The number of carboxylic acid groups (broad SMARTS) is 1. The van der Waals surface area contributed by atoms with Crippen molar-refractivity contribution >= 4 is 17.7 Å². The SMILES string of the molecule is CN(C(=O)C1(C(=O)O)COC1)c1ccccn1. The predicted molar refractivity (Wildman–Crippen MR) is 58.5 cm³/mol. The lowest BCUT2D eigenvalue weighted by atomic mass is 9.84. The van der Waals surface area contributed by atoms with E-state index in [1.807, 2.05) is 0 Å². The van der Waals surface area contributed by atoms with E-state index >= 15 is 0 Å². The lowest BCUT2D eigenvalue weighted by Crippen LogP contribution is -2.59. The van der Waals surface area contributed by atoms with Gasteiger partial charge in [-0.2, -0.15) is 0 Å². The van der Waals surface area contributed by atoms with Crippen LogP contribution in [-0.2, 0) is 14.3 Å². The minimum Gasteiger partial charge on any atom is -0.480 e. The van der Waals surface area contributed by atoms with Gasteiger partial charge >= 0.3 is 5.97 Å². The Labute approximate surface area is 97.8 Å². The zero-order valence-corrected chi connectivity index (χ0v) is 9.29. The summed E-state index contributed by atoms with van der Waals surface area (Å²) < 4.78 is 4.86. The topological polar surface area (TPSA) is 79.7 Å². The maximum absolute atomic E-state index is 12.1. The molecule has 2 rings (SSSR count). The number of carbonyl (C=O) groups is 2. The van der Waals surface area contributed by atoms with Gasteiger partial charge in [0.2, 0.25) is 5.91 Å². The van der Waals surface area contributed by atoms with Gasteiger partial charge in [0.05, 0.1) is 13.2 Å². The van der Waals surface area contributed by atoms with Crippen molar-refractivity contribution in [3.8, 4) is 0 Å². The van der Waals surface area contributed by atoms with Crippen molar-refractivity contribution in [2.45, 2.75) is 0 Å². The van der Waals surface area contributed by atoms with Crippen LogP contribution in [0.2, 0.25) is 0 Å². The number of ether oxygens (including phenoxy) is 1. The van der Waals surface area contributed by atoms with Gasteiger partial charge in [-0.15, -0.1) is 0 Å². The summed E-state index contributed by atoms with van der Waals surface area (Å²) in [7, 11) is 1.51. The monoisotopic (exact) mass is 236 g/mol. The normalized spacial score (nSPS) is 17.0. The lowest BCUT2D eigenvalue weighted by molar-refractivity contribution is -0.183. The van der Waals surface area contributed by atoms with Gasteiger partial charge in [0.1, 0.15) is 5.82 Å². The second kappa shape index (κ2) is 4.14. The summed E-state index contributed by atoms with van der Waals surface area (Å²) in [6.45, 7) is -0.170. The number of amides is 1. The highest BCUT2D eigenvalue weighted by atomic mass is 16.5.